The second-order valence-corrected chi connectivity index (χ2v) is 11.1. The van der Waals surface area contributed by atoms with E-state index in [4.69, 9.17) is 16.0 Å². The van der Waals surface area contributed by atoms with E-state index in [2.05, 4.69) is 67.2 Å². The summed E-state index contributed by atoms with van der Waals surface area (Å²) >= 11 is 0. The van der Waals surface area contributed by atoms with Crippen molar-refractivity contribution in [2.75, 3.05) is 7.11 Å². The van der Waals surface area contributed by atoms with Crippen molar-refractivity contribution in [1.82, 2.24) is 0 Å². The van der Waals surface area contributed by atoms with Crippen molar-refractivity contribution in [2.45, 2.75) is 37.7 Å². The number of nitrogens with zero attached hydrogens (tertiary/aromatic N) is 1. The largest absolute Gasteiger partial charge is 0.497 e. The zero-order valence-corrected chi connectivity index (χ0v) is 23.9. The molecule has 0 bridgehead atoms. The lowest BCUT2D eigenvalue weighted by Crippen LogP contribution is -2.35. The predicted molar refractivity (Wildman–Crippen MR) is 167 cm³/mol. The van der Waals surface area contributed by atoms with Crippen LogP contribution in [-0.2, 0) is 11.0 Å². The van der Waals surface area contributed by atoms with Gasteiger partial charge in [-0.15, -0.1) is 0 Å². The standard InChI is InChI=1S/C38H30FNO2/c1-5-37(6-2)33-23-27(40-3)17-20-31(33)34-29-9-7-8-10-30(29)36-32(35(34)37)21-22-38(42-36,24-11-15-26(39)16-12-24)25-13-18-28(41-4)19-14-25/h7-23H,5-6H2,1-2,4H3. The number of benzene rings is 5. The highest BCUT2D eigenvalue weighted by atomic mass is 19.1. The molecule has 1 aliphatic heterocycles. The van der Waals surface area contributed by atoms with Crippen molar-refractivity contribution in [1.29, 1.82) is 0 Å². The summed E-state index contributed by atoms with van der Waals surface area (Å²) in [5.74, 6) is 1.28. The summed E-state index contributed by atoms with van der Waals surface area (Å²) in [6.07, 6.45) is 6.11. The van der Waals surface area contributed by atoms with Crippen molar-refractivity contribution in [3.8, 4) is 22.6 Å². The van der Waals surface area contributed by atoms with E-state index in [1.54, 1.807) is 19.2 Å². The second kappa shape index (κ2) is 9.60. The molecule has 2 aliphatic rings. The summed E-state index contributed by atoms with van der Waals surface area (Å²) in [6.45, 7) is 12.2. The number of ether oxygens (including phenoxy) is 2. The SMILES string of the molecule is [C-]#[N+]c1ccc2c(c1)C(CC)(CC)c1c3c(c4ccccc4c1-2)OC(c1ccc(F)cc1)(c1ccc(OC)cc1)C=C3. The first kappa shape index (κ1) is 26.0. The van der Waals surface area contributed by atoms with Crippen LogP contribution in [-0.4, -0.2) is 7.11 Å². The fourth-order valence-corrected chi connectivity index (χ4v) is 7.22. The Hall–Kier alpha value is -4.88. The van der Waals surface area contributed by atoms with Crippen LogP contribution < -0.4 is 9.47 Å². The minimum Gasteiger partial charge on any atom is -0.497 e. The third kappa shape index (κ3) is 3.50. The van der Waals surface area contributed by atoms with E-state index in [0.717, 1.165) is 51.8 Å². The average Bonchev–Trinajstić information content (AvgIpc) is 3.35. The van der Waals surface area contributed by atoms with Gasteiger partial charge in [0, 0.05) is 27.5 Å². The zero-order valence-electron chi connectivity index (χ0n) is 23.9. The molecule has 1 aliphatic carbocycles. The maximum absolute atomic E-state index is 14.1. The highest BCUT2D eigenvalue weighted by Gasteiger charge is 2.46. The maximum Gasteiger partial charge on any atom is 0.187 e. The molecule has 0 aromatic heterocycles. The fraction of sp³-hybridized carbons (Fsp3) is 0.184. The molecular formula is C38H30FNO2. The van der Waals surface area contributed by atoms with E-state index in [0.29, 0.717) is 5.69 Å². The average molecular weight is 552 g/mol. The minimum atomic E-state index is -0.978. The van der Waals surface area contributed by atoms with Crippen LogP contribution in [0.15, 0.2) is 97.1 Å². The van der Waals surface area contributed by atoms with Crippen LogP contribution >= 0.6 is 0 Å². The predicted octanol–water partition coefficient (Wildman–Crippen LogP) is 9.97. The van der Waals surface area contributed by atoms with Gasteiger partial charge in [-0.25, -0.2) is 9.24 Å². The number of halogens is 1. The van der Waals surface area contributed by atoms with E-state index < -0.39 is 5.60 Å². The van der Waals surface area contributed by atoms with E-state index in [1.807, 2.05) is 30.3 Å². The van der Waals surface area contributed by atoms with Crippen LogP contribution in [0.2, 0.25) is 0 Å². The Balaban J connectivity index is 1.56. The quantitative estimate of drug-likeness (QED) is 0.203. The number of hydrogen-bond acceptors (Lipinski definition) is 2. The molecule has 5 aromatic carbocycles. The normalized spacial score (nSPS) is 17.6. The van der Waals surface area contributed by atoms with Gasteiger partial charge >= 0.3 is 0 Å². The molecule has 4 heteroatoms. The molecule has 42 heavy (non-hydrogen) atoms. The molecule has 1 unspecified atom stereocenters. The zero-order chi connectivity index (χ0) is 29.1. The molecule has 0 fully saturated rings. The third-order valence-corrected chi connectivity index (χ3v) is 9.35. The van der Waals surface area contributed by atoms with Crippen LogP contribution in [0.3, 0.4) is 0 Å². The smallest absolute Gasteiger partial charge is 0.187 e. The highest BCUT2D eigenvalue weighted by Crippen LogP contribution is 2.60. The van der Waals surface area contributed by atoms with Gasteiger partial charge in [-0.05, 0) is 70.8 Å². The summed E-state index contributed by atoms with van der Waals surface area (Å²) in [5, 5.41) is 2.16. The Morgan fingerprint density at radius 3 is 2.17 bits per heavy atom. The summed E-state index contributed by atoms with van der Waals surface area (Å²) in [5.41, 5.74) is 7.14. The number of rotatable bonds is 5. The lowest BCUT2D eigenvalue weighted by Gasteiger charge is -2.39. The van der Waals surface area contributed by atoms with Crippen LogP contribution in [0.25, 0.3) is 32.8 Å². The molecule has 3 nitrogen and oxygen atoms in total. The van der Waals surface area contributed by atoms with E-state index in [9.17, 15) is 4.39 Å². The molecule has 0 saturated heterocycles. The molecule has 0 spiro atoms. The Morgan fingerprint density at radius 2 is 1.52 bits per heavy atom. The summed E-state index contributed by atoms with van der Waals surface area (Å²) in [7, 11) is 1.65. The van der Waals surface area contributed by atoms with Gasteiger partial charge in [0.15, 0.2) is 11.3 Å². The van der Waals surface area contributed by atoms with Crippen molar-refractivity contribution >= 4 is 22.5 Å². The van der Waals surface area contributed by atoms with E-state index in [1.165, 1.54) is 34.4 Å². The summed E-state index contributed by atoms with van der Waals surface area (Å²) < 4.78 is 26.8. The van der Waals surface area contributed by atoms with Crippen molar-refractivity contribution in [2.24, 2.45) is 0 Å². The number of fused-ring (bicyclic) bond motifs is 8. The van der Waals surface area contributed by atoms with E-state index >= 15 is 0 Å². The maximum atomic E-state index is 14.1. The molecule has 5 aromatic rings. The highest BCUT2D eigenvalue weighted by molar-refractivity contribution is 6.08. The van der Waals surface area contributed by atoms with E-state index in [-0.39, 0.29) is 11.2 Å². The van der Waals surface area contributed by atoms with Gasteiger partial charge in [-0.2, -0.15) is 0 Å². The molecule has 0 saturated carbocycles. The lowest BCUT2D eigenvalue weighted by atomic mass is 9.71. The van der Waals surface area contributed by atoms with Gasteiger partial charge in [0.1, 0.15) is 17.3 Å². The van der Waals surface area contributed by atoms with Gasteiger partial charge in [0.2, 0.25) is 0 Å². The second-order valence-electron chi connectivity index (χ2n) is 11.1. The van der Waals surface area contributed by atoms with Crippen LogP contribution in [0.5, 0.6) is 11.5 Å². The molecular weight excluding hydrogens is 521 g/mol. The Kier molecular flexibility index (Phi) is 5.95. The molecule has 0 radical (unpaired) electrons. The Labute approximate surface area is 245 Å². The topological polar surface area (TPSA) is 22.8 Å². The van der Waals surface area contributed by atoms with Crippen molar-refractivity contribution in [3.05, 3.63) is 142 Å². The van der Waals surface area contributed by atoms with Gasteiger partial charge in [-0.1, -0.05) is 86.7 Å². The molecule has 206 valence electrons. The third-order valence-electron chi connectivity index (χ3n) is 9.35. The molecule has 0 N–H and O–H groups in total. The van der Waals surface area contributed by atoms with Crippen LogP contribution in [0.4, 0.5) is 10.1 Å². The molecule has 0 amide bonds. The van der Waals surface area contributed by atoms with Crippen LogP contribution in [0, 0.1) is 12.4 Å². The molecule has 7 rings (SSSR count). The fourth-order valence-electron chi connectivity index (χ4n) is 7.22. The lowest BCUT2D eigenvalue weighted by molar-refractivity contribution is 0.163. The first-order chi connectivity index (χ1) is 20.5. The van der Waals surface area contributed by atoms with Crippen molar-refractivity contribution < 1.29 is 13.9 Å². The van der Waals surface area contributed by atoms with Gasteiger partial charge in [0.05, 0.1) is 13.7 Å². The van der Waals surface area contributed by atoms with Gasteiger partial charge in [-0.3, -0.25) is 0 Å². The first-order valence-corrected chi connectivity index (χ1v) is 14.4. The Morgan fingerprint density at radius 1 is 0.857 bits per heavy atom. The van der Waals surface area contributed by atoms with Gasteiger partial charge in [0.25, 0.3) is 0 Å². The van der Waals surface area contributed by atoms with Crippen molar-refractivity contribution in [3.63, 3.8) is 0 Å². The number of hydrogen-bond donors (Lipinski definition) is 0. The van der Waals surface area contributed by atoms with Crippen LogP contribution in [0.1, 0.15) is 54.5 Å². The molecule has 1 heterocycles. The first-order valence-electron chi connectivity index (χ1n) is 14.4. The minimum absolute atomic E-state index is 0.261. The number of methoxy groups -OCH3 is 1. The Bertz CT molecular complexity index is 1930. The van der Waals surface area contributed by atoms with Gasteiger partial charge < -0.3 is 9.47 Å². The monoisotopic (exact) mass is 551 g/mol. The summed E-state index contributed by atoms with van der Waals surface area (Å²) in [4.78, 5) is 3.78. The summed E-state index contributed by atoms with van der Waals surface area (Å²) in [6, 6.07) is 29.0. The molecule has 1 atom stereocenters.